The Kier molecular flexibility index (Phi) is 3.49. The van der Waals surface area contributed by atoms with E-state index in [1.165, 1.54) is 18.7 Å². The summed E-state index contributed by atoms with van der Waals surface area (Å²) in [6, 6.07) is 8.77. The van der Waals surface area contributed by atoms with Gasteiger partial charge < -0.3 is 4.74 Å². The molecule has 0 atom stereocenters. The van der Waals surface area contributed by atoms with Crippen molar-refractivity contribution in [2.45, 2.75) is 0 Å². The van der Waals surface area contributed by atoms with E-state index in [0.717, 1.165) is 0 Å². The second kappa shape index (κ2) is 5.45. The lowest BCUT2D eigenvalue weighted by molar-refractivity contribution is 0.203. The number of hydrogen-bond acceptors (Lipinski definition) is 5. The predicted molar refractivity (Wildman–Crippen MR) is 61.3 cm³/mol. The van der Waals surface area contributed by atoms with Crippen LogP contribution in [0.15, 0.2) is 49.1 Å². The van der Waals surface area contributed by atoms with Crippen molar-refractivity contribution in [2.24, 2.45) is 0 Å². The second-order valence-corrected chi connectivity index (χ2v) is 3.08. The normalized spacial score (nSPS) is 9.41. The quantitative estimate of drug-likeness (QED) is 0.783. The minimum absolute atomic E-state index is 0.469. The summed E-state index contributed by atoms with van der Waals surface area (Å²) in [6.07, 6.45) is 3.83. The summed E-state index contributed by atoms with van der Waals surface area (Å²) in [5.41, 5.74) is 5.54. The van der Waals surface area contributed by atoms with Gasteiger partial charge in [0.05, 0.1) is 18.1 Å². The molecule has 0 fully saturated rings. The Morgan fingerprint density at radius 3 is 2.53 bits per heavy atom. The van der Waals surface area contributed by atoms with E-state index in [1.807, 2.05) is 6.07 Å². The Morgan fingerprint density at radius 2 is 1.82 bits per heavy atom. The van der Waals surface area contributed by atoms with E-state index in [2.05, 4.69) is 20.8 Å². The molecule has 1 aromatic heterocycles. The van der Waals surface area contributed by atoms with Gasteiger partial charge in [-0.2, -0.15) is 0 Å². The summed E-state index contributed by atoms with van der Waals surface area (Å²) in [5.74, 6) is 0.469. The van der Waals surface area contributed by atoms with Crippen molar-refractivity contribution in [3.63, 3.8) is 0 Å². The van der Waals surface area contributed by atoms with Crippen molar-refractivity contribution in [3.05, 3.63) is 49.1 Å². The van der Waals surface area contributed by atoms with Gasteiger partial charge in [-0.1, -0.05) is 18.2 Å². The van der Waals surface area contributed by atoms with Crippen molar-refractivity contribution in [1.82, 2.24) is 15.4 Å². The monoisotopic (exact) mass is 230 g/mol. The summed E-state index contributed by atoms with van der Waals surface area (Å²) < 4.78 is 4.98. The number of carbonyl (C=O) groups is 1. The van der Waals surface area contributed by atoms with Gasteiger partial charge in [0.25, 0.3) is 0 Å². The van der Waals surface area contributed by atoms with Crippen molar-refractivity contribution in [2.75, 3.05) is 5.43 Å². The van der Waals surface area contributed by atoms with Crippen LogP contribution >= 0.6 is 0 Å². The maximum atomic E-state index is 11.3. The Bertz CT molecular complexity index is 475. The number of anilines is 1. The van der Waals surface area contributed by atoms with E-state index in [1.54, 1.807) is 24.3 Å². The maximum Gasteiger partial charge on any atom is 0.431 e. The van der Waals surface area contributed by atoms with Crippen molar-refractivity contribution in [1.29, 1.82) is 0 Å². The minimum Gasteiger partial charge on any atom is -0.409 e. The molecule has 0 radical (unpaired) electrons. The Morgan fingerprint density at radius 1 is 1.12 bits per heavy atom. The highest BCUT2D eigenvalue weighted by Crippen LogP contribution is 2.08. The average molecular weight is 230 g/mol. The number of para-hydroxylation sites is 1. The van der Waals surface area contributed by atoms with Crippen LogP contribution in [-0.2, 0) is 0 Å². The van der Waals surface area contributed by atoms with Crippen LogP contribution in [0.2, 0.25) is 0 Å². The lowest BCUT2D eigenvalue weighted by Crippen LogP contribution is -2.32. The van der Waals surface area contributed by atoms with E-state index in [-0.39, 0.29) is 0 Å². The molecule has 86 valence electrons. The molecule has 0 aliphatic rings. The first-order valence-electron chi connectivity index (χ1n) is 4.88. The summed E-state index contributed by atoms with van der Waals surface area (Å²) in [7, 11) is 0. The smallest absolute Gasteiger partial charge is 0.409 e. The molecule has 6 nitrogen and oxygen atoms in total. The lowest BCUT2D eigenvalue weighted by atomic mass is 10.3. The van der Waals surface area contributed by atoms with E-state index in [4.69, 9.17) is 4.74 Å². The molecule has 1 amide bonds. The van der Waals surface area contributed by atoms with E-state index in [9.17, 15) is 4.79 Å². The molecule has 0 spiro atoms. The lowest BCUT2D eigenvalue weighted by Gasteiger charge is -2.07. The van der Waals surface area contributed by atoms with Gasteiger partial charge in [-0.25, -0.2) is 20.2 Å². The first kappa shape index (κ1) is 10.9. The van der Waals surface area contributed by atoms with Gasteiger partial charge in [0, 0.05) is 0 Å². The standard InChI is InChI=1S/C11H10N4O2/c16-11(17-10-4-2-1-3-5-10)15-14-9-6-12-8-13-7-9/h1-8,14H,(H,15,16). The molecule has 2 rings (SSSR count). The molecule has 6 heteroatoms. The molecule has 0 saturated heterocycles. The fraction of sp³-hybridized carbons (Fsp3) is 0. The Hall–Kier alpha value is -2.63. The number of rotatable bonds is 3. The van der Waals surface area contributed by atoms with Gasteiger partial charge in [0.1, 0.15) is 12.1 Å². The van der Waals surface area contributed by atoms with Crippen LogP contribution in [0.4, 0.5) is 10.5 Å². The topological polar surface area (TPSA) is 76.1 Å². The van der Waals surface area contributed by atoms with Crippen LogP contribution in [0.3, 0.4) is 0 Å². The number of benzene rings is 1. The number of amides is 1. The van der Waals surface area contributed by atoms with E-state index in [0.29, 0.717) is 11.4 Å². The summed E-state index contributed by atoms with van der Waals surface area (Å²) in [4.78, 5) is 18.9. The van der Waals surface area contributed by atoms with Crippen LogP contribution < -0.4 is 15.6 Å². The molecule has 1 heterocycles. The highest BCUT2D eigenvalue weighted by molar-refractivity contribution is 5.71. The van der Waals surface area contributed by atoms with Gasteiger partial charge in [0.15, 0.2) is 0 Å². The SMILES string of the molecule is O=C(NNc1cncnc1)Oc1ccccc1. The molecule has 0 unspecified atom stereocenters. The molecule has 17 heavy (non-hydrogen) atoms. The minimum atomic E-state index is -0.611. The number of ether oxygens (including phenoxy) is 1. The summed E-state index contributed by atoms with van der Waals surface area (Å²) in [6.45, 7) is 0. The van der Waals surface area contributed by atoms with Gasteiger partial charge in [-0.3, -0.25) is 5.43 Å². The van der Waals surface area contributed by atoms with Gasteiger partial charge >= 0.3 is 6.09 Å². The predicted octanol–water partition coefficient (Wildman–Crippen LogP) is 1.59. The van der Waals surface area contributed by atoms with Crippen LogP contribution in [0.25, 0.3) is 0 Å². The Labute approximate surface area is 97.6 Å². The largest absolute Gasteiger partial charge is 0.431 e. The molecule has 0 aliphatic carbocycles. The number of nitrogens with zero attached hydrogens (tertiary/aromatic N) is 2. The highest BCUT2D eigenvalue weighted by atomic mass is 16.6. The van der Waals surface area contributed by atoms with Gasteiger partial charge in [0.2, 0.25) is 0 Å². The molecule has 0 saturated carbocycles. The van der Waals surface area contributed by atoms with Crippen molar-refractivity contribution >= 4 is 11.8 Å². The molecule has 2 N–H and O–H groups in total. The molecule has 0 bridgehead atoms. The molecule has 1 aromatic carbocycles. The zero-order valence-electron chi connectivity index (χ0n) is 8.83. The van der Waals surface area contributed by atoms with Crippen molar-refractivity contribution in [3.8, 4) is 5.75 Å². The maximum absolute atomic E-state index is 11.3. The van der Waals surface area contributed by atoms with E-state index < -0.39 is 6.09 Å². The highest BCUT2D eigenvalue weighted by Gasteiger charge is 2.02. The van der Waals surface area contributed by atoms with Gasteiger partial charge in [-0.15, -0.1) is 0 Å². The second-order valence-electron chi connectivity index (χ2n) is 3.08. The fourth-order valence-electron chi connectivity index (χ4n) is 1.11. The van der Waals surface area contributed by atoms with E-state index >= 15 is 0 Å². The first-order valence-corrected chi connectivity index (χ1v) is 4.88. The number of aromatic nitrogens is 2. The van der Waals surface area contributed by atoms with Crippen LogP contribution in [-0.4, -0.2) is 16.1 Å². The van der Waals surface area contributed by atoms with Crippen LogP contribution in [0.5, 0.6) is 5.75 Å². The fourth-order valence-corrected chi connectivity index (χ4v) is 1.11. The average Bonchev–Trinajstić information content (AvgIpc) is 2.39. The third kappa shape index (κ3) is 3.45. The Balaban J connectivity index is 1.83. The molecular weight excluding hydrogens is 220 g/mol. The summed E-state index contributed by atoms with van der Waals surface area (Å²) in [5, 5.41) is 0. The summed E-state index contributed by atoms with van der Waals surface area (Å²) >= 11 is 0. The molecule has 0 aliphatic heterocycles. The first-order chi connectivity index (χ1) is 8.34. The number of hydrogen-bond donors (Lipinski definition) is 2. The van der Waals surface area contributed by atoms with Crippen LogP contribution in [0.1, 0.15) is 0 Å². The van der Waals surface area contributed by atoms with Crippen LogP contribution in [0, 0.1) is 0 Å². The zero-order chi connectivity index (χ0) is 11.9. The molecule has 2 aromatic rings. The zero-order valence-corrected chi connectivity index (χ0v) is 8.83. The third-order valence-corrected chi connectivity index (χ3v) is 1.82. The third-order valence-electron chi connectivity index (χ3n) is 1.82. The van der Waals surface area contributed by atoms with Gasteiger partial charge in [-0.05, 0) is 12.1 Å². The van der Waals surface area contributed by atoms with Crippen molar-refractivity contribution < 1.29 is 9.53 Å². The number of hydrazine groups is 1. The number of nitrogens with one attached hydrogen (secondary N) is 2. The number of carbonyl (C=O) groups excluding carboxylic acids is 1. The molecular formula is C11H10N4O2.